The second-order valence-corrected chi connectivity index (χ2v) is 6.80. The van der Waals surface area contributed by atoms with Gasteiger partial charge in [-0.05, 0) is 35.7 Å². The molecule has 0 aliphatic carbocycles. The molecule has 1 heterocycles. The van der Waals surface area contributed by atoms with Crippen LogP contribution in [0.4, 0.5) is 4.39 Å². The Kier molecular flexibility index (Phi) is 5.28. The molecule has 2 aromatic carbocycles. The van der Waals surface area contributed by atoms with Crippen LogP contribution in [0.1, 0.15) is 35.7 Å². The second kappa shape index (κ2) is 7.61. The number of aromatic nitrogens is 2. The number of rotatable bonds is 6. The number of Topliss-reactive ketones (excluding diaryl/α,β-unsaturated/α-hetero) is 1. The normalized spacial score (nSPS) is 11.0. The third kappa shape index (κ3) is 4.33. The number of thioether (sulfide) groups is 1. The molecule has 0 atom stereocenters. The first-order valence-corrected chi connectivity index (χ1v) is 8.87. The fraction of sp³-hybridized carbons (Fsp3) is 0.211. The van der Waals surface area contributed by atoms with E-state index in [-0.39, 0.29) is 17.4 Å². The molecular weight excluding hydrogens is 339 g/mol. The second-order valence-electron chi connectivity index (χ2n) is 5.87. The minimum atomic E-state index is -0.327. The molecule has 0 spiro atoms. The first-order valence-electron chi connectivity index (χ1n) is 7.88. The van der Waals surface area contributed by atoms with Gasteiger partial charge in [-0.2, -0.15) is 0 Å². The van der Waals surface area contributed by atoms with Gasteiger partial charge in [-0.25, -0.2) is 4.39 Å². The third-order valence-corrected chi connectivity index (χ3v) is 4.54. The molecule has 0 aliphatic heterocycles. The van der Waals surface area contributed by atoms with Crippen molar-refractivity contribution < 1.29 is 13.6 Å². The van der Waals surface area contributed by atoms with Gasteiger partial charge in [0.2, 0.25) is 5.89 Å². The Morgan fingerprint density at radius 2 is 1.76 bits per heavy atom. The zero-order valence-electron chi connectivity index (χ0n) is 13.9. The van der Waals surface area contributed by atoms with Crippen molar-refractivity contribution in [3.8, 4) is 11.5 Å². The van der Waals surface area contributed by atoms with Crippen molar-refractivity contribution >= 4 is 17.5 Å². The molecular formula is C19H17FN2O2S. The highest BCUT2D eigenvalue weighted by molar-refractivity contribution is 7.99. The summed E-state index contributed by atoms with van der Waals surface area (Å²) in [5.41, 5.74) is 2.50. The highest BCUT2D eigenvalue weighted by Gasteiger charge is 2.13. The number of carbonyl (C=O) groups is 1. The molecule has 4 nitrogen and oxygen atoms in total. The molecule has 0 aliphatic rings. The zero-order chi connectivity index (χ0) is 17.8. The number of hydrogen-bond acceptors (Lipinski definition) is 5. The molecule has 0 amide bonds. The molecule has 0 N–H and O–H groups in total. The van der Waals surface area contributed by atoms with Gasteiger partial charge in [-0.15, -0.1) is 10.2 Å². The average Bonchev–Trinajstić information content (AvgIpc) is 3.09. The fourth-order valence-electron chi connectivity index (χ4n) is 2.24. The molecule has 3 aromatic rings. The maximum absolute atomic E-state index is 12.9. The van der Waals surface area contributed by atoms with E-state index in [9.17, 15) is 9.18 Å². The first-order chi connectivity index (χ1) is 12.0. The highest BCUT2D eigenvalue weighted by atomic mass is 32.2. The molecule has 0 unspecified atom stereocenters. The predicted octanol–water partition coefficient (Wildman–Crippen LogP) is 4.97. The van der Waals surface area contributed by atoms with Crippen LogP contribution in [0, 0.1) is 5.82 Å². The van der Waals surface area contributed by atoms with Crippen LogP contribution in [0.2, 0.25) is 0 Å². The molecule has 0 saturated carbocycles. The van der Waals surface area contributed by atoms with Crippen LogP contribution in [0.3, 0.4) is 0 Å². The van der Waals surface area contributed by atoms with E-state index < -0.39 is 0 Å². The van der Waals surface area contributed by atoms with Gasteiger partial charge in [0, 0.05) is 11.1 Å². The van der Waals surface area contributed by atoms with Crippen molar-refractivity contribution in [3.63, 3.8) is 0 Å². The Labute approximate surface area is 149 Å². The van der Waals surface area contributed by atoms with E-state index in [1.54, 1.807) is 12.1 Å². The van der Waals surface area contributed by atoms with Crippen molar-refractivity contribution in [1.82, 2.24) is 10.2 Å². The smallest absolute Gasteiger partial charge is 0.277 e. The van der Waals surface area contributed by atoms with E-state index in [1.165, 1.54) is 29.5 Å². The largest absolute Gasteiger partial charge is 0.411 e. The van der Waals surface area contributed by atoms with Crippen molar-refractivity contribution in [2.75, 3.05) is 5.75 Å². The third-order valence-electron chi connectivity index (χ3n) is 3.72. The number of benzene rings is 2. The fourth-order valence-corrected chi connectivity index (χ4v) is 2.90. The van der Waals surface area contributed by atoms with Crippen LogP contribution in [0.25, 0.3) is 11.5 Å². The Balaban J connectivity index is 1.61. The summed E-state index contributed by atoms with van der Waals surface area (Å²) in [6, 6.07) is 13.4. The Bertz CT molecular complexity index is 858. The van der Waals surface area contributed by atoms with Gasteiger partial charge in [-0.3, -0.25) is 4.79 Å². The number of carbonyl (C=O) groups excluding carboxylic acids is 1. The number of hydrogen-bond donors (Lipinski definition) is 0. The van der Waals surface area contributed by atoms with Crippen LogP contribution in [-0.2, 0) is 0 Å². The Morgan fingerprint density at radius 3 is 2.40 bits per heavy atom. The van der Waals surface area contributed by atoms with Gasteiger partial charge in [0.1, 0.15) is 5.82 Å². The van der Waals surface area contributed by atoms with E-state index in [0.717, 1.165) is 0 Å². The quantitative estimate of drug-likeness (QED) is 0.461. The zero-order valence-corrected chi connectivity index (χ0v) is 14.7. The summed E-state index contributed by atoms with van der Waals surface area (Å²) >= 11 is 1.19. The molecule has 0 fully saturated rings. The maximum Gasteiger partial charge on any atom is 0.277 e. The lowest BCUT2D eigenvalue weighted by atomic mass is 10.0. The van der Waals surface area contributed by atoms with Crippen LogP contribution >= 0.6 is 11.8 Å². The van der Waals surface area contributed by atoms with Gasteiger partial charge in [0.15, 0.2) is 5.78 Å². The molecule has 0 saturated heterocycles. The van der Waals surface area contributed by atoms with Crippen LogP contribution in [-0.4, -0.2) is 21.7 Å². The topological polar surface area (TPSA) is 56.0 Å². The minimum absolute atomic E-state index is 0.00170. The van der Waals surface area contributed by atoms with E-state index in [4.69, 9.17) is 4.42 Å². The van der Waals surface area contributed by atoms with Gasteiger partial charge >= 0.3 is 0 Å². The minimum Gasteiger partial charge on any atom is -0.411 e. The summed E-state index contributed by atoms with van der Waals surface area (Å²) in [7, 11) is 0. The highest BCUT2D eigenvalue weighted by Crippen LogP contribution is 2.24. The number of halogens is 1. The lowest BCUT2D eigenvalue weighted by molar-refractivity contribution is 0.102. The molecule has 0 bridgehead atoms. The van der Waals surface area contributed by atoms with Crippen molar-refractivity contribution in [2.24, 2.45) is 0 Å². The molecule has 6 heteroatoms. The number of ketones is 1. The molecule has 128 valence electrons. The molecule has 0 radical (unpaired) electrons. The van der Waals surface area contributed by atoms with E-state index in [0.29, 0.717) is 28.2 Å². The Morgan fingerprint density at radius 1 is 1.08 bits per heavy atom. The monoisotopic (exact) mass is 356 g/mol. The molecule has 3 rings (SSSR count). The summed E-state index contributed by atoms with van der Waals surface area (Å²) in [5, 5.41) is 8.16. The first kappa shape index (κ1) is 17.4. The predicted molar refractivity (Wildman–Crippen MR) is 95.3 cm³/mol. The molecule has 25 heavy (non-hydrogen) atoms. The summed E-state index contributed by atoms with van der Waals surface area (Å²) in [5.74, 6) is 0.623. The van der Waals surface area contributed by atoms with Crippen molar-refractivity contribution in [2.45, 2.75) is 25.0 Å². The lowest BCUT2D eigenvalue weighted by Crippen LogP contribution is -2.02. The summed E-state index contributed by atoms with van der Waals surface area (Å²) in [6.07, 6.45) is 0. The van der Waals surface area contributed by atoms with Crippen molar-refractivity contribution in [3.05, 3.63) is 65.5 Å². The van der Waals surface area contributed by atoms with Crippen LogP contribution in [0.5, 0.6) is 0 Å². The standard InChI is InChI=1S/C19H17FN2O2S/c1-12(2)13-3-5-14(6-4-13)17(23)11-25-19-22-21-18(24-19)15-7-9-16(20)10-8-15/h3-10,12H,11H2,1-2H3. The van der Waals surface area contributed by atoms with Gasteiger partial charge in [0.05, 0.1) is 5.75 Å². The van der Waals surface area contributed by atoms with Crippen molar-refractivity contribution in [1.29, 1.82) is 0 Å². The van der Waals surface area contributed by atoms with Gasteiger partial charge in [-0.1, -0.05) is 49.9 Å². The summed E-state index contributed by atoms with van der Waals surface area (Å²) in [6.45, 7) is 4.22. The van der Waals surface area contributed by atoms with Gasteiger partial charge < -0.3 is 4.42 Å². The Hall–Kier alpha value is -2.47. The van der Waals surface area contributed by atoms with Crippen LogP contribution in [0.15, 0.2) is 58.2 Å². The van der Waals surface area contributed by atoms with Crippen LogP contribution < -0.4 is 0 Å². The molecule has 1 aromatic heterocycles. The number of nitrogens with zero attached hydrogens (tertiary/aromatic N) is 2. The summed E-state index contributed by atoms with van der Waals surface area (Å²) in [4.78, 5) is 12.3. The van der Waals surface area contributed by atoms with E-state index in [2.05, 4.69) is 24.0 Å². The van der Waals surface area contributed by atoms with E-state index >= 15 is 0 Å². The van der Waals surface area contributed by atoms with E-state index in [1.807, 2.05) is 24.3 Å². The van der Waals surface area contributed by atoms with Gasteiger partial charge in [0.25, 0.3) is 5.22 Å². The maximum atomic E-state index is 12.9. The summed E-state index contributed by atoms with van der Waals surface area (Å²) < 4.78 is 18.5. The SMILES string of the molecule is CC(C)c1ccc(C(=O)CSc2nnc(-c3ccc(F)cc3)o2)cc1. The average molecular weight is 356 g/mol. The lowest BCUT2D eigenvalue weighted by Gasteiger charge is -2.05.